The third kappa shape index (κ3) is 7.38. The zero-order valence-electron chi connectivity index (χ0n) is 18.3. The predicted octanol–water partition coefficient (Wildman–Crippen LogP) is 4.13. The van der Waals surface area contributed by atoms with E-state index in [1.807, 2.05) is 37.4 Å². The average Bonchev–Trinajstić information content (AvgIpc) is 2.81. The molecular formula is C25H35N3O2. The highest BCUT2D eigenvalue weighted by Crippen LogP contribution is 2.18. The van der Waals surface area contributed by atoms with Gasteiger partial charge in [-0.15, -0.1) is 0 Å². The molecular weight excluding hydrogens is 374 g/mol. The fraction of sp³-hybridized carbons (Fsp3) is 0.480. The van der Waals surface area contributed by atoms with E-state index in [0.29, 0.717) is 6.61 Å². The van der Waals surface area contributed by atoms with Crippen molar-refractivity contribution in [2.45, 2.75) is 32.3 Å². The maximum Gasteiger partial charge on any atom is 0.193 e. The molecule has 2 aromatic carbocycles. The fourth-order valence-electron chi connectivity index (χ4n) is 3.71. The van der Waals surface area contributed by atoms with Crippen LogP contribution in [0.2, 0.25) is 0 Å². The Hall–Kier alpha value is -2.53. The average molecular weight is 410 g/mol. The first-order valence-electron chi connectivity index (χ1n) is 11.0. The number of hydrogen-bond donors (Lipinski definition) is 1. The van der Waals surface area contributed by atoms with E-state index >= 15 is 0 Å². The van der Waals surface area contributed by atoms with Gasteiger partial charge in [0.1, 0.15) is 12.4 Å². The third-order valence-corrected chi connectivity index (χ3v) is 5.66. The van der Waals surface area contributed by atoms with Gasteiger partial charge in [-0.1, -0.05) is 42.5 Å². The number of ether oxygens (including phenoxy) is 2. The molecule has 5 nitrogen and oxygen atoms in total. The molecule has 0 amide bonds. The largest absolute Gasteiger partial charge is 0.489 e. The quantitative estimate of drug-likeness (QED) is 0.500. The minimum Gasteiger partial charge on any atom is -0.489 e. The summed E-state index contributed by atoms with van der Waals surface area (Å²) in [6, 6.07) is 18.6. The SMILES string of the molecule is CN=C(NCCc1ccc(OCc2ccccc2)cc1)N(C)CCC1CCOCC1. The normalized spacial score (nSPS) is 15.1. The summed E-state index contributed by atoms with van der Waals surface area (Å²) in [7, 11) is 3.97. The Balaban J connectivity index is 1.36. The molecule has 0 saturated carbocycles. The number of guanidine groups is 1. The number of nitrogens with zero attached hydrogens (tertiary/aromatic N) is 2. The van der Waals surface area contributed by atoms with E-state index in [1.165, 1.54) is 30.4 Å². The lowest BCUT2D eigenvalue weighted by Crippen LogP contribution is -2.40. The van der Waals surface area contributed by atoms with Gasteiger partial charge in [0.05, 0.1) is 0 Å². The van der Waals surface area contributed by atoms with E-state index in [0.717, 1.165) is 50.4 Å². The van der Waals surface area contributed by atoms with Gasteiger partial charge in [0.25, 0.3) is 0 Å². The Kier molecular flexibility index (Phi) is 9.04. The Labute approximate surface area is 181 Å². The van der Waals surface area contributed by atoms with Crippen molar-refractivity contribution >= 4 is 5.96 Å². The molecule has 1 fully saturated rings. The summed E-state index contributed by atoms with van der Waals surface area (Å²) >= 11 is 0. The van der Waals surface area contributed by atoms with E-state index in [4.69, 9.17) is 9.47 Å². The molecule has 3 rings (SSSR count). The Morgan fingerprint density at radius 2 is 1.80 bits per heavy atom. The first-order valence-corrected chi connectivity index (χ1v) is 11.0. The minimum atomic E-state index is 0.596. The molecule has 0 unspecified atom stereocenters. The molecule has 0 aromatic heterocycles. The van der Waals surface area contributed by atoms with Crippen LogP contribution in [0.3, 0.4) is 0 Å². The van der Waals surface area contributed by atoms with Crippen molar-refractivity contribution in [3.05, 3.63) is 65.7 Å². The van der Waals surface area contributed by atoms with E-state index in [9.17, 15) is 0 Å². The van der Waals surface area contributed by atoms with Crippen LogP contribution in [-0.4, -0.2) is 51.3 Å². The fourth-order valence-corrected chi connectivity index (χ4v) is 3.71. The van der Waals surface area contributed by atoms with Crippen LogP contribution in [0, 0.1) is 5.92 Å². The molecule has 1 saturated heterocycles. The van der Waals surface area contributed by atoms with E-state index in [2.05, 4.69) is 46.5 Å². The Morgan fingerprint density at radius 3 is 2.50 bits per heavy atom. The first-order chi connectivity index (χ1) is 14.7. The van der Waals surface area contributed by atoms with E-state index < -0.39 is 0 Å². The molecule has 1 aliphatic heterocycles. The summed E-state index contributed by atoms with van der Waals surface area (Å²) in [6.45, 7) is 4.31. The maximum atomic E-state index is 5.87. The van der Waals surface area contributed by atoms with Crippen LogP contribution >= 0.6 is 0 Å². The standard InChI is InChI=1S/C25H35N3O2/c1-26-25(28(2)17-13-22-14-18-29-19-15-22)27-16-12-21-8-10-24(11-9-21)30-20-23-6-4-3-5-7-23/h3-11,22H,12-20H2,1-2H3,(H,26,27). The number of nitrogens with one attached hydrogen (secondary N) is 1. The van der Waals surface area contributed by atoms with Crippen LogP contribution in [0.15, 0.2) is 59.6 Å². The zero-order chi connectivity index (χ0) is 21.0. The van der Waals surface area contributed by atoms with Gasteiger partial charge < -0.3 is 19.7 Å². The topological polar surface area (TPSA) is 46.1 Å². The number of rotatable bonds is 9. The lowest BCUT2D eigenvalue weighted by Gasteiger charge is -2.26. The molecule has 0 aliphatic carbocycles. The second-order valence-electron chi connectivity index (χ2n) is 7.91. The molecule has 1 heterocycles. The molecule has 0 radical (unpaired) electrons. The number of benzene rings is 2. The van der Waals surface area contributed by atoms with Crippen LogP contribution in [0.1, 0.15) is 30.4 Å². The summed E-state index contributed by atoms with van der Waals surface area (Å²) in [6.07, 6.45) is 4.52. The summed E-state index contributed by atoms with van der Waals surface area (Å²) in [5, 5.41) is 3.49. The second kappa shape index (κ2) is 12.2. The highest BCUT2D eigenvalue weighted by molar-refractivity contribution is 5.79. The maximum absolute atomic E-state index is 5.87. The Bertz CT molecular complexity index is 756. The van der Waals surface area contributed by atoms with Crippen LogP contribution in [0.5, 0.6) is 5.75 Å². The van der Waals surface area contributed by atoms with Crippen molar-refractivity contribution in [3.8, 4) is 5.75 Å². The zero-order valence-corrected chi connectivity index (χ0v) is 18.3. The summed E-state index contributed by atoms with van der Waals surface area (Å²) in [5.41, 5.74) is 2.47. The highest BCUT2D eigenvalue weighted by atomic mass is 16.5. The monoisotopic (exact) mass is 409 g/mol. The summed E-state index contributed by atoms with van der Waals surface area (Å²) in [5.74, 6) is 2.64. The van der Waals surface area contributed by atoms with Gasteiger partial charge in [0.15, 0.2) is 5.96 Å². The van der Waals surface area contributed by atoms with Crippen molar-refractivity contribution in [2.24, 2.45) is 10.9 Å². The lowest BCUT2D eigenvalue weighted by molar-refractivity contribution is 0.0625. The van der Waals surface area contributed by atoms with Gasteiger partial charge in [-0.05, 0) is 54.9 Å². The number of aliphatic imine (C=N–C) groups is 1. The minimum absolute atomic E-state index is 0.596. The molecule has 30 heavy (non-hydrogen) atoms. The second-order valence-corrected chi connectivity index (χ2v) is 7.91. The predicted molar refractivity (Wildman–Crippen MR) is 123 cm³/mol. The van der Waals surface area contributed by atoms with Crippen LogP contribution in [0.25, 0.3) is 0 Å². The lowest BCUT2D eigenvalue weighted by atomic mass is 9.96. The van der Waals surface area contributed by atoms with Gasteiger partial charge >= 0.3 is 0 Å². The van der Waals surface area contributed by atoms with Crippen molar-refractivity contribution in [1.82, 2.24) is 10.2 Å². The van der Waals surface area contributed by atoms with Gasteiger partial charge in [-0.25, -0.2) is 0 Å². The molecule has 2 aromatic rings. The highest BCUT2D eigenvalue weighted by Gasteiger charge is 2.15. The van der Waals surface area contributed by atoms with Gasteiger partial charge in [-0.3, -0.25) is 4.99 Å². The van der Waals surface area contributed by atoms with E-state index in [-0.39, 0.29) is 0 Å². The smallest absolute Gasteiger partial charge is 0.193 e. The van der Waals surface area contributed by atoms with Gasteiger partial charge in [-0.2, -0.15) is 0 Å². The van der Waals surface area contributed by atoms with Crippen LogP contribution in [-0.2, 0) is 17.8 Å². The molecule has 162 valence electrons. The van der Waals surface area contributed by atoms with Crippen molar-refractivity contribution < 1.29 is 9.47 Å². The van der Waals surface area contributed by atoms with Crippen LogP contribution < -0.4 is 10.1 Å². The first kappa shape index (κ1) is 22.2. The van der Waals surface area contributed by atoms with Crippen molar-refractivity contribution in [3.63, 3.8) is 0 Å². The molecule has 1 N–H and O–H groups in total. The molecule has 5 heteroatoms. The number of hydrogen-bond acceptors (Lipinski definition) is 3. The van der Waals surface area contributed by atoms with Crippen molar-refractivity contribution in [2.75, 3.05) is 40.4 Å². The third-order valence-electron chi connectivity index (χ3n) is 5.66. The van der Waals surface area contributed by atoms with Gasteiger partial charge in [0, 0.05) is 40.4 Å². The summed E-state index contributed by atoms with van der Waals surface area (Å²) < 4.78 is 11.3. The summed E-state index contributed by atoms with van der Waals surface area (Å²) in [4.78, 5) is 6.67. The van der Waals surface area contributed by atoms with E-state index in [1.54, 1.807) is 0 Å². The van der Waals surface area contributed by atoms with Crippen LogP contribution in [0.4, 0.5) is 0 Å². The molecule has 0 spiro atoms. The Morgan fingerprint density at radius 1 is 1.07 bits per heavy atom. The molecule has 0 bridgehead atoms. The molecule has 1 aliphatic rings. The van der Waals surface area contributed by atoms with Gasteiger partial charge in [0.2, 0.25) is 0 Å². The molecule has 0 atom stereocenters. The van der Waals surface area contributed by atoms with Crippen molar-refractivity contribution in [1.29, 1.82) is 0 Å².